The van der Waals surface area contributed by atoms with Crippen LogP contribution in [-0.4, -0.2) is 82.3 Å². The van der Waals surface area contributed by atoms with Crippen molar-refractivity contribution < 1.29 is 38.7 Å². The van der Waals surface area contributed by atoms with E-state index in [0.717, 1.165) is 11.3 Å². The highest BCUT2D eigenvalue weighted by molar-refractivity contribution is 7.09. The summed E-state index contributed by atoms with van der Waals surface area (Å²) < 4.78 is 0. The zero-order valence-corrected chi connectivity index (χ0v) is 25.9. The highest BCUT2D eigenvalue weighted by Crippen LogP contribution is 2.14. The Morgan fingerprint density at radius 2 is 1.60 bits per heavy atom. The Kier molecular flexibility index (Phi) is 12.5. The highest BCUT2D eigenvalue weighted by atomic mass is 32.1. The van der Waals surface area contributed by atoms with Gasteiger partial charge in [0.15, 0.2) is 5.69 Å². The van der Waals surface area contributed by atoms with Crippen molar-refractivity contribution in [3.63, 3.8) is 0 Å². The third-order valence-corrected chi connectivity index (χ3v) is 7.63. The first-order valence-corrected chi connectivity index (χ1v) is 15.2. The van der Waals surface area contributed by atoms with E-state index in [4.69, 9.17) is 5.11 Å². The quantitative estimate of drug-likeness (QED) is 0.190. The lowest BCUT2D eigenvalue weighted by atomic mass is 10.0. The molecule has 1 aromatic carbocycles. The number of carboxylic acids is 1. The van der Waals surface area contributed by atoms with Crippen LogP contribution in [0.3, 0.4) is 0 Å². The maximum atomic E-state index is 13.5. The largest absolute Gasteiger partial charge is 0.476 e. The van der Waals surface area contributed by atoms with Crippen LogP contribution in [-0.2, 0) is 36.8 Å². The molecule has 0 saturated carbocycles. The molecule has 1 saturated heterocycles. The van der Waals surface area contributed by atoms with Gasteiger partial charge in [-0.1, -0.05) is 44.2 Å². The molecule has 242 valence electrons. The number of imide groups is 1. The lowest BCUT2D eigenvalue weighted by Gasteiger charge is -2.25. The fourth-order valence-corrected chi connectivity index (χ4v) is 5.21. The van der Waals surface area contributed by atoms with Gasteiger partial charge in [0, 0.05) is 18.2 Å². The molecule has 45 heavy (non-hydrogen) atoms. The van der Waals surface area contributed by atoms with Gasteiger partial charge < -0.3 is 31.7 Å². The first-order chi connectivity index (χ1) is 21.3. The lowest BCUT2D eigenvalue weighted by Crippen LogP contribution is -2.58. The number of aromatic carboxylic acids is 1. The summed E-state index contributed by atoms with van der Waals surface area (Å²) in [5.74, 6) is -5.00. The number of rotatable bonds is 8. The Balaban J connectivity index is 1.91. The van der Waals surface area contributed by atoms with Crippen molar-refractivity contribution in [2.45, 2.75) is 70.6 Å². The summed E-state index contributed by atoms with van der Waals surface area (Å²) in [7, 11) is 0. The fraction of sp³-hybridized carbons (Fsp3) is 0.448. The van der Waals surface area contributed by atoms with E-state index in [1.807, 2.05) is 13.8 Å². The number of nitrogens with zero attached hydrogens (tertiary/aromatic N) is 1. The Labute approximate surface area is 263 Å². The molecule has 0 radical (unpaired) electrons. The molecule has 0 spiro atoms. The zero-order valence-electron chi connectivity index (χ0n) is 25.0. The minimum Gasteiger partial charge on any atom is -0.476 e. The fourth-order valence-electron chi connectivity index (χ4n) is 4.42. The van der Waals surface area contributed by atoms with Crippen LogP contribution in [0.2, 0.25) is 0 Å². The van der Waals surface area contributed by atoms with Crippen molar-refractivity contribution in [1.29, 1.82) is 0 Å². The molecule has 0 aliphatic carbocycles. The second-order valence-corrected chi connectivity index (χ2v) is 11.9. The van der Waals surface area contributed by atoms with Crippen LogP contribution < -0.4 is 31.9 Å². The Hall–Kier alpha value is -4.86. The summed E-state index contributed by atoms with van der Waals surface area (Å²) in [4.78, 5) is 93.4. The van der Waals surface area contributed by atoms with Crippen LogP contribution in [0.15, 0.2) is 35.7 Å². The van der Waals surface area contributed by atoms with Crippen LogP contribution >= 0.6 is 11.3 Å². The number of aryl methyl sites for hydroxylation is 1. The molecule has 16 heteroatoms. The van der Waals surface area contributed by atoms with E-state index in [9.17, 15) is 33.6 Å². The van der Waals surface area contributed by atoms with Crippen LogP contribution in [0.5, 0.6) is 0 Å². The summed E-state index contributed by atoms with van der Waals surface area (Å²) in [6.07, 6.45) is 0.279. The number of hydrogen-bond acceptors (Lipinski definition) is 9. The van der Waals surface area contributed by atoms with Crippen LogP contribution in [0.4, 0.5) is 4.79 Å². The summed E-state index contributed by atoms with van der Waals surface area (Å²) >= 11 is 1.06. The van der Waals surface area contributed by atoms with Gasteiger partial charge in [0.1, 0.15) is 24.2 Å². The Morgan fingerprint density at radius 3 is 2.24 bits per heavy atom. The number of urea groups is 1. The smallest absolute Gasteiger partial charge is 0.355 e. The Morgan fingerprint density at radius 1 is 0.911 bits per heavy atom. The summed E-state index contributed by atoms with van der Waals surface area (Å²) in [5, 5.41) is 25.6. The number of nitrogens with one attached hydrogen (secondary N) is 6. The number of benzene rings is 1. The van der Waals surface area contributed by atoms with Crippen molar-refractivity contribution in [3.8, 4) is 0 Å². The number of carbonyl (C=O) groups is 7. The standard InChI is InChI=1S/C29H37N7O8S/c1-15(2)11-19-25(39)30-13-22(37)31-16(3)24(38)36-26(40)18(9-10-23-32-21(14-45-23)28(42)43)34-29(44)35-20(27(41)33-19)12-17-7-5-4-6-8-17/h4-8,14-16,18-20H,9-13H2,1-3H3,(H,30,39)(H,31,37)(H,33,41)(H,42,43)(H2,34,35,44)(H,36,38,40)/t16-,18-,19?,20?/m0/s1. The molecule has 7 N–H and O–H groups in total. The van der Waals surface area contributed by atoms with Gasteiger partial charge in [-0.25, -0.2) is 14.6 Å². The van der Waals surface area contributed by atoms with Crippen molar-refractivity contribution in [2.24, 2.45) is 5.92 Å². The number of hydrogen-bond donors (Lipinski definition) is 7. The summed E-state index contributed by atoms with van der Waals surface area (Å²) in [6.45, 7) is 4.56. The minimum absolute atomic E-state index is 0.0206. The average molecular weight is 644 g/mol. The van der Waals surface area contributed by atoms with Gasteiger partial charge in [0.05, 0.1) is 11.6 Å². The van der Waals surface area contributed by atoms with Gasteiger partial charge in [-0.2, -0.15) is 0 Å². The number of amides is 7. The van der Waals surface area contributed by atoms with Gasteiger partial charge in [0.2, 0.25) is 29.5 Å². The second-order valence-electron chi connectivity index (χ2n) is 10.9. The van der Waals surface area contributed by atoms with E-state index >= 15 is 0 Å². The molecule has 2 heterocycles. The SMILES string of the molecule is CC(C)CC1NC(=O)C(Cc2ccccc2)NC(=O)N[C@@H](CCc2nc(C(=O)O)cs2)C(=O)NC(=O)[C@H](C)NC(=O)CNC1=O. The molecule has 15 nitrogen and oxygen atoms in total. The topological polar surface area (TPSA) is 225 Å². The molecular formula is C29H37N7O8S. The van der Waals surface area contributed by atoms with E-state index in [1.165, 1.54) is 12.3 Å². The molecule has 7 amide bonds. The molecule has 3 rings (SSSR count). The van der Waals surface area contributed by atoms with E-state index in [0.29, 0.717) is 10.6 Å². The molecule has 2 aromatic rings. The minimum atomic E-state index is -1.32. The maximum absolute atomic E-state index is 13.5. The number of carboxylic acid groups (broad SMARTS) is 1. The molecule has 1 fully saturated rings. The number of carbonyl (C=O) groups excluding carboxylic acids is 6. The van der Waals surface area contributed by atoms with Gasteiger partial charge in [-0.05, 0) is 31.2 Å². The molecule has 1 aliphatic heterocycles. The first kappa shape index (κ1) is 34.6. The van der Waals surface area contributed by atoms with E-state index < -0.39 is 72.2 Å². The monoisotopic (exact) mass is 643 g/mol. The van der Waals surface area contributed by atoms with Gasteiger partial charge in [0.25, 0.3) is 0 Å². The highest BCUT2D eigenvalue weighted by Gasteiger charge is 2.31. The van der Waals surface area contributed by atoms with Crippen LogP contribution in [0.25, 0.3) is 0 Å². The van der Waals surface area contributed by atoms with Crippen molar-refractivity contribution in [1.82, 2.24) is 36.9 Å². The predicted octanol–water partition coefficient (Wildman–Crippen LogP) is -0.139. The number of thiazole rings is 1. The van der Waals surface area contributed by atoms with Crippen molar-refractivity contribution in [3.05, 3.63) is 52.0 Å². The normalized spacial score (nSPS) is 22.3. The van der Waals surface area contributed by atoms with Gasteiger partial charge in [-0.3, -0.25) is 29.3 Å². The summed E-state index contributed by atoms with van der Waals surface area (Å²) in [6, 6.07) is 3.21. The number of aromatic nitrogens is 1. The third-order valence-electron chi connectivity index (χ3n) is 6.72. The Bertz CT molecular complexity index is 1410. The van der Waals surface area contributed by atoms with Crippen LogP contribution in [0.1, 0.15) is 54.7 Å². The molecule has 1 aromatic heterocycles. The van der Waals surface area contributed by atoms with Gasteiger partial charge >= 0.3 is 12.0 Å². The maximum Gasteiger partial charge on any atom is 0.355 e. The molecule has 4 atom stereocenters. The predicted molar refractivity (Wildman–Crippen MR) is 162 cm³/mol. The lowest BCUT2D eigenvalue weighted by molar-refractivity contribution is -0.135. The first-order valence-electron chi connectivity index (χ1n) is 14.3. The van der Waals surface area contributed by atoms with Crippen LogP contribution in [0, 0.1) is 5.92 Å². The molecule has 2 unspecified atom stereocenters. The second kappa shape index (κ2) is 16.3. The third kappa shape index (κ3) is 11.0. The zero-order chi connectivity index (χ0) is 33.1. The average Bonchev–Trinajstić information content (AvgIpc) is 3.46. The molecular weight excluding hydrogens is 606 g/mol. The van der Waals surface area contributed by atoms with E-state index in [1.54, 1.807) is 30.3 Å². The van der Waals surface area contributed by atoms with Gasteiger partial charge in [-0.15, -0.1) is 11.3 Å². The van der Waals surface area contributed by atoms with E-state index in [2.05, 4.69) is 36.9 Å². The van der Waals surface area contributed by atoms with E-state index in [-0.39, 0.29) is 37.3 Å². The van der Waals surface area contributed by atoms with Crippen molar-refractivity contribution >= 4 is 52.9 Å². The molecule has 0 bridgehead atoms. The molecule has 1 aliphatic rings. The summed E-state index contributed by atoms with van der Waals surface area (Å²) in [5.41, 5.74) is 0.537. The van der Waals surface area contributed by atoms with Crippen molar-refractivity contribution in [2.75, 3.05) is 6.54 Å².